The largest absolute Gasteiger partial charge is 0.493 e. The maximum Gasteiger partial charge on any atom is 0.266 e. The number of amides is 1. The third kappa shape index (κ3) is 5.46. The van der Waals surface area contributed by atoms with E-state index in [4.69, 9.17) is 32.7 Å². The smallest absolute Gasteiger partial charge is 0.266 e. The number of anilines is 1. The molecule has 0 aliphatic rings. The summed E-state index contributed by atoms with van der Waals surface area (Å²) in [4.78, 5) is 12.7. The summed E-state index contributed by atoms with van der Waals surface area (Å²) in [6, 6.07) is 24.2. The molecule has 0 fully saturated rings. The fourth-order valence-corrected chi connectivity index (χ4v) is 4.27. The third-order valence-corrected chi connectivity index (χ3v) is 6.30. The van der Waals surface area contributed by atoms with Gasteiger partial charge in [0.25, 0.3) is 5.91 Å². The van der Waals surface area contributed by atoms with Crippen molar-refractivity contribution in [3.63, 3.8) is 0 Å². The number of para-hydroxylation sites is 1. The van der Waals surface area contributed by atoms with Crippen LogP contribution in [-0.4, -0.2) is 13.0 Å². The lowest BCUT2D eigenvalue weighted by Crippen LogP contribution is -2.13. The molecule has 0 bridgehead atoms. The fourth-order valence-electron chi connectivity index (χ4n) is 3.81. The van der Waals surface area contributed by atoms with Crippen LogP contribution in [0.1, 0.15) is 16.7 Å². The standard InChI is InChI=1S/C29H22Cl2N2O3/c1-18-11-12-20-7-3-4-8-22(20)23(18)17-36-28-25(31)14-19(15-27(28)35-2)13-21(16-32)29(34)33-26-10-6-5-9-24(26)30/h3-15H,17H2,1-2H3,(H,33,34)/b21-13+. The summed E-state index contributed by atoms with van der Waals surface area (Å²) in [5.74, 6) is 0.172. The molecule has 5 nitrogen and oxygen atoms in total. The monoisotopic (exact) mass is 516 g/mol. The van der Waals surface area contributed by atoms with Crippen LogP contribution in [0, 0.1) is 18.3 Å². The average molecular weight is 517 g/mol. The number of aryl methyl sites for hydroxylation is 1. The van der Waals surface area contributed by atoms with E-state index in [1.165, 1.54) is 13.2 Å². The first-order chi connectivity index (χ1) is 17.4. The second kappa shape index (κ2) is 11.2. The fraction of sp³-hybridized carbons (Fsp3) is 0.103. The van der Waals surface area contributed by atoms with Gasteiger partial charge in [-0.05, 0) is 59.2 Å². The Morgan fingerprint density at radius 2 is 1.78 bits per heavy atom. The van der Waals surface area contributed by atoms with Crippen LogP contribution in [-0.2, 0) is 11.4 Å². The van der Waals surface area contributed by atoms with Crippen molar-refractivity contribution >= 4 is 51.6 Å². The van der Waals surface area contributed by atoms with E-state index in [-0.39, 0.29) is 5.57 Å². The van der Waals surface area contributed by atoms with Crippen molar-refractivity contribution in [2.45, 2.75) is 13.5 Å². The van der Waals surface area contributed by atoms with Gasteiger partial charge < -0.3 is 14.8 Å². The molecule has 4 rings (SSSR count). The number of nitrogens with one attached hydrogen (secondary N) is 1. The van der Waals surface area contributed by atoms with E-state index in [1.807, 2.05) is 25.1 Å². The highest BCUT2D eigenvalue weighted by Gasteiger charge is 2.16. The maximum absolute atomic E-state index is 12.7. The number of nitriles is 1. The Bertz CT molecular complexity index is 1520. The quantitative estimate of drug-likeness (QED) is 0.203. The number of benzene rings is 4. The number of halogens is 2. The Labute approximate surface area is 219 Å². The number of hydrogen-bond donors (Lipinski definition) is 1. The van der Waals surface area contributed by atoms with Crippen LogP contribution in [0.25, 0.3) is 16.8 Å². The van der Waals surface area contributed by atoms with Gasteiger partial charge in [-0.1, -0.05) is 71.7 Å². The zero-order chi connectivity index (χ0) is 25.7. The lowest BCUT2D eigenvalue weighted by molar-refractivity contribution is -0.112. The average Bonchev–Trinajstić information content (AvgIpc) is 2.88. The third-order valence-electron chi connectivity index (χ3n) is 5.69. The van der Waals surface area contributed by atoms with Crippen molar-refractivity contribution in [2.75, 3.05) is 12.4 Å². The number of methoxy groups -OCH3 is 1. The second-order valence-electron chi connectivity index (χ2n) is 8.01. The lowest BCUT2D eigenvalue weighted by atomic mass is 10.0. The maximum atomic E-state index is 12.7. The number of fused-ring (bicyclic) bond motifs is 1. The minimum absolute atomic E-state index is 0.118. The number of hydrogen-bond acceptors (Lipinski definition) is 4. The normalized spacial score (nSPS) is 11.1. The minimum Gasteiger partial charge on any atom is -0.493 e. The van der Waals surface area contributed by atoms with Gasteiger partial charge >= 0.3 is 0 Å². The molecule has 0 radical (unpaired) electrons. The van der Waals surface area contributed by atoms with E-state index in [0.717, 1.165) is 21.9 Å². The van der Waals surface area contributed by atoms with E-state index in [1.54, 1.807) is 36.4 Å². The Morgan fingerprint density at radius 3 is 2.53 bits per heavy atom. The van der Waals surface area contributed by atoms with Crippen LogP contribution < -0.4 is 14.8 Å². The first kappa shape index (κ1) is 25.1. The molecule has 0 aliphatic carbocycles. The number of ether oxygens (including phenoxy) is 2. The molecular weight excluding hydrogens is 495 g/mol. The molecule has 4 aromatic rings. The summed E-state index contributed by atoms with van der Waals surface area (Å²) in [6.07, 6.45) is 1.43. The van der Waals surface area contributed by atoms with Crippen molar-refractivity contribution in [3.8, 4) is 17.6 Å². The summed E-state index contributed by atoms with van der Waals surface area (Å²) < 4.78 is 11.6. The molecule has 0 unspecified atom stereocenters. The molecule has 1 N–H and O–H groups in total. The molecule has 36 heavy (non-hydrogen) atoms. The van der Waals surface area contributed by atoms with Gasteiger partial charge in [0.05, 0.1) is 22.8 Å². The first-order valence-electron chi connectivity index (χ1n) is 11.1. The van der Waals surface area contributed by atoms with Crippen LogP contribution in [0.15, 0.2) is 78.4 Å². The van der Waals surface area contributed by atoms with E-state index in [2.05, 4.69) is 29.6 Å². The lowest BCUT2D eigenvalue weighted by Gasteiger charge is -2.16. The van der Waals surface area contributed by atoms with Gasteiger partial charge in [0.1, 0.15) is 18.2 Å². The molecule has 180 valence electrons. The van der Waals surface area contributed by atoms with Crippen LogP contribution in [0.5, 0.6) is 11.5 Å². The van der Waals surface area contributed by atoms with Crippen LogP contribution in [0.4, 0.5) is 5.69 Å². The second-order valence-corrected chi connectivity index (χ2v) is 8.82. The van der Waals surface area contributed by atoms with Crippen molar-refractivity contribution in [1.82, 2.24) is 0 Å². The summed E-state index contributed by atoms with van der Waals surface area (Å²) in [7, 11) is 1.50. The molecule has 0 atom stereocenters. The summed E-state index contributed by atoms with van der Waals surface area (Å²) in [5.41, 5.74) is 2.96. The van der Waals surface area contributed by atoms with Crippen molar-refractivity contribution in [1.29, 1.82) is 5.26 Å². The Balaban J connectivity index is 1.60. The number of carbonyl (C=O) groups excluding carboxylic acids is 1. The highest BCUT2D eigenvalue weighted by Crippen LogP contribution is 2.38. The number of rotatable bonds is 7. The van der Waals surface area contributed by atoms with E-state index < -0.39 is 5.91 Å². The highest BCUT2D eigenvalue weighted by molar-refractivity contribution is 6.34. The summed E-state index contributed by atoms with van der Waals surface area (Å²) >= 11 is 12.7. The SMILES string of the molecule is COc1cc(/C=C(\C#N)C(=O)Nc2ccccc2Cl)cc(Cl)c1OCc1c(C)ccc2ccccc12. The summed E-state index contributed by atoms with van der Waals surface area (Å²) in [6.45, 7) is 2.33. The van der Waals surface area contributed by atoms with Crippen molar-refractivity contribution < 1.29 is 14.3 Å². The van der Waals surface area contributed by atoms with Gasteiger partial charge in [-0.3, -0.25) is 4.79 Å². The van der Waals surface area contributed by atoms with Crippen LogP contribution in [0.2, 0.25) is 10.0 Å². The molecule has 0 spiro atoms. The zero-order valence-corrected chi connectivity index (χ0v) is 21.2. The molecule has 0 aromatic heterocycles. The molecule has 0 aliphatic heterocycles. The van der Waals surface area contributed by atoms with Gasteiger partial charge in [-0.25, -0.2) is 0 Å². The summed E-state index contributed by atoms with van der Waals surface area (Å²) in [5, 5.41) is 15.1. The predicted octanol–water partition coefficient (Wildman–Crippen LogP) is 7.59. The molecule has 1 amide bonds. The Morgan fingerprint density at radius 1 is 1.03 bits per heavy atom. The van der Waals surface area contributed by atoms with Gasteiger partial charge in [0, 0.05) is 5.56 Å². The van der Waals surface area contributed by atoms with Gasteiger partial charge in [-0.15, -0.1) is 0 Å². The molecule has 0 heterocycles. The Hall–Kier alpha value is -3.98. The molecule has 0 saturated carbocycles. The van der Waals surface area contributed by atoms with Gasteiger partial charge in [0.2, 0.25) is 0 Å². The number of nitrogens with zero attached hydrogens (tertiary/aromatic N) is 1. The first-order valence-corrected chi connectivity index (χ1v) is 11.8. The minimum atomic E-state index is -0.590. The van der Waals surface area contributed by atoms with E-state index >= 15 is 0 Å². The molecule has 7 heteroatoms. The van der Waals surface area contributed by atoms with Crippen LogP contribution in [0.3, 0.4) is 0 Å². The number of carbonyl (C=O) groups is 1. The van der Waals surface area contributed by atoms with Gasteiger partial charge in [-0.2, -0.15) is 5.26 Å². The molecule has 0 saturated heterocycles. The molecule has 4 aromatic carbocycles. The van der Waals surface area contributed by atoms with Gasteiger partial charge in [0.15, 0.2) is 11.5 Å². The Kier molecular flexibility index (Phi) is 7.80. The van der Waals surface area contributed by atoms with Crippen molar-refractivity contribution in [3.05, 3.63) is 105 Å². The van der Waals surface area contributed by atoms with Crippen LogP contribution >= 0.6 is 23.2 Å². The predicted molar refractivity (Wildman–Crippen MR) is 145 cm³/mol. The van der Waals surface area contributed by atoms with Crippen molar-refractivity contribution in [2.24, 2.45) is 0 Å². The zero-order valence-electron chi connectivity index (χ0n) is 19.6. The molecular formula is C29H22Cl2N2O3. The topological polar surface area (TPSA) is 71.3 Å². The highest BCUT2D eigenvalue weighted by atomic mass is 35.5. The van der Waals surface area contributed by atoms with E-state index in [9.17, 15) is 10.1 Å². The van der Waals surface area contributed by atoms with E-state index in [0.29, 0.717) is 39.4 Å².